The van der Waals surface area contributed by atoms with E-state index < -0.39 is 5.54 Å². The number of piperidine rings is 1. The molecule has 3 unspecified atom stereocenters. The molecule has 1 aliphatic heterocycles. The molecule has 102 valence electrons. The maximum atomic E-state index is 9.09. The van der Waals surface area contributed by atoms with Crippen molar-refractivity contribution in [1.29, 1.82) is 0 Å². The molecule has 0 spiro atoms. The highest BCUT2D eigenvalue weighted by Gasteiger charge is 2.26. The average Bonchev–Trinajstić information content (AvgIpc) is 2.31. The van der Waals surface area contributed by atoms with Crippen LogP contribution in [0.15, 0.2) is 0 Å². The molecule has 1 saturated heterocycles. The van der Waals surface area contributed by atoms with Crippen LogP contribution in [0.4, 0.5) is 0 Å². The highest BCUT2D eigenvalue weighted by molar-refractivity contribution is 4.81. The third kappa shape index (κ3) is 4.92. The second-order valence-electron chi connectivity index (χ2n) is 5.76. The highest BCUT2D eigenvalue weighted by Crippen LogP contribution is 2.20. The largest absolute Gasteiger partial charge is 0.394 e. The molecule has 4 heteroatoms. The molecule has 17 heavy (non-hydrogen) atoms. The molecule has 3 N–H and O–H groups in total. The lowest BCUT2D eigenvalue weighted by Gasteiger charge is -2.36. The Morgan fingerprint density at radius 1 is 1.53 bits per heavy atom. The number of likely N-dealkylation sites (tertiary alicyclic amines) is 1. The number of hydrogen-bond donors (Lipinski definition) is 2. The Kier molecular flexibility index (Phi) is 5.86. The molecule has 0 bridgehead atoms. The summed E-state index contributed by atoms with van der Waals surface area (Å²) in [5, 5.41) is 9.09. The monoisotopic (exact) mass is 244 g/mol. The Morgan fingerprint density at radius 2 is 2.24 bits per heavy atom. The Bertz CT molecular complexity index is 221. The van der Waals surface area contributed by atoms with Crippen molar-refractivity contribution in [3.63, 3.8) is 0 Å². The van der Waals surface area contributed by atoms with Gasteiger partial charge in [0.2, 0.25) is 0 Å². The van der Waals surface area contributed by atoms with Crippen molar-refractivity contribution in [1.82, 2.24) is 4.90 Å². The van der Waals surface area contributed by atoms with Gasteiger partial charge in [-0.1, -0.05) is 6.92 Å². The molecule has 1 aliphatic rings. The van der Waals surface area contributed by atoms with Crippen LogP contribution >= 0.6 is 0 Å². The average molecular weight is 244 g/mol. The fourth-order valence-corrected chi connectivity index (χ4v) is 2.39. The minimum atomic E-state index is -0.427. The van der Waals surface area contributed by atoms with Crippen LogP contribution < -0.4 is 5.73 Å². The third-order valence-electron chi connectivity index (χ3n) is 3.86. The SMILES string of the molecule is COC1CN(CCCC(C)(N)CO)CCC1C. The zero-order valence-electron chi connectivity index (χ0n) is 11.5. The second-order valence-corrected chi connectivity index (χ2v) is 5.76. The van der Waals surface area contributed by atoms with Gasteiger partial charge < -0.3 is 20.5 Å². The van der Waals surface area contributed by atoms with E-state index >= 15 is 0 Å². The number of rotatable bonds is 6. The third-order valence-corrected chi connectivity index (χ3v) is 3.86. The Balaban J connectivity index is 2.24. The topological polar surface area (TPSA) is 58.7 Å². The first-order valence-electron chi connectivity index (χ1n) is 6.63. The molecular weight excluding hydrogens is 216 g/mol. The van der Waals surface area contributed by atoms with E-state index in [1.807, 2.05) is 6.92 Å². The first kappa shape index (κ1) is 14.9. The van der Waals surface area contributed by atoms with Gasteiger partial charge in [0.1, 0.15) is 0 Å². The summed E-state index contributed by atoms with van der Waals surface area (Å²) in [6.07, 6.45) is 3.48. The molecule has 0 aliphatic carbocycles. The van der Waals surface area contributed by atoms with Crippen molar-refractivity contribution in [3.8, 4) is 0 Å². The summed E-state index contributed by atoms with van der Waals surface area (Å²) in [6.45, 7) is 7.46. The molecule has 0 aromatic heterocycles. The predicted molar refractivity (Wildman–Crippen MR) is 69.9 cm³/mol. The van der Waals surface area contributed by atoms with Crippen molar-refractivity contribution in [2.75, 3.05) is 33.4 Å². The summed E-state index contributed by atoms with van der Waals surface area (Å²) in [4.78, 5) is 2.45. The van der Waals surface area contributed by atoms with E-state index in [4.69, 9.17) is 15.6 Å². The van der Waals surface area contributed by atoms with Gasteiger partial charge in [0.25, 0.3) is 0 Å². The second kappa shape index (κ2) is 6.69. The number of aliphatic hydroxyl groups is 1. The minimum Gasteiger partial charge on any atom is -0.394 e. The highest BCUT2D eigenvalue weighted by atomic mass is 16.5. The van der Waals surface area contributed by atoms with Crippen LogP contribution in [0.25, 0.3) is 0 Å². The molecule has 0 radical (unpaired) electrons. The molecule has 1 heterocycles. The summed E-state index contributed by atoms with van der Waals surface area (Å²) >= 11 is 0. The molecule has 0 amide bonds. The van der Waals surface area contributed by atoms with Gasteiger partial charge >= 0.3 is 0 Å². The molecular formula is C13H28N2O2. The first-order chi connectivity index (χ1) is 7.98. The Morgan fingerprint density at radius 3 is 2.82 bits per heavy atom. The summed E-state index contributed by atoms with van der Waals surface area (Å²) < 4.78 is 5.50. The number of methoxy groups -OCH3 is 1. The van der Waals surface area contributed by atoms with E-state index in [1.54, 1.807) is 7.11 Å². The molecule has 0 aromatic carbocycles. The van der Waals surface area contributed by atoms with Gasteiger partial charge in [-0.25, -0.2) is 0 Å². The number of nitrogens with two attached hydrogens (primary N) is 1. The number of nitrogens with zero attached hydrogens (tertiary/aromatic N) is 1. The standard InChI is InChI=1S/C13H28N2O2/c1-11-5-8-15(9-12(11)17-3)7-4-6-13(2,14)10-16/h11-12,16H,4-10,14H2,1-3H3. The van der Waals surface area contributed by atoms with Crippen LogP contribution in [0.1, 0.15) is 33.1 Å². The zero-order valence-corrected chi connectivity index (χ0v) is 11.5. The van der Waals surface area contributed by atoms with Crippen molar-refractivity contribution in [3.05, 3.63) is 0 Å². The summed E-state index contributed by atoms with van der Waals surface area (Å²) in [5.74, 6) is 0.661. The van der Waals surface area contributed by atoms with Crippen molar-refractivity contribution in [2.24, 2.45) is 11.7 Å². The van der Waals surface area contributed by atoms with E-state index in [1.165, 1.54) is 6.42 Å². The molecule has 4 nitrogen and oxygen atoms in total. The van der Waals surface area contributed by atoms with E-state index in [9.17, 15) is 0 Å². The lowest BCUT2D eigenvalue weighted by atomic mass is 9.94. The Hall–Kier alpha value is -0.160. The zero-order chi connectivity index (χ0) is 12.9. The van der Waals surface area contributed by atoms with Gasteiger partial charge in [0, 0.05) is 19.2 Å². The van der Waals surface area contributed by atoms with Gasteiger partial charge in [-0.05, 0) is 45.2 Å². The summed E-state index contributed by atoms with van der Waals surface area (Å²) in [6, 6.07) is 0. The Labute approximate surface area is 105 Å². The molecule has 0 aromatic rings. The van der Waals surface area contributed by atoms with Crippen LogP contribution in [0.2, 0.25) is 0 Å². The normalized spacial score (nSPS) is 30.2. The minimum absolute atomic E-state index is 0.0602. The van der Waals surface area contributed by atoms with E-state index in [2.05, 4.69) is 11.8 Å². The van der Waals surface area contributed by atoms with Gasteiger partial charge in [-0.2, -0.15) is 0 Å². The summed E-state index contributed by atoms with van der Waals surface area (Å²) in [7, 11) is 1.80. The number of ether oxygens (including phenoxy) is 1. The van der Waals surface area contributed by atoms with E-state index in [-0.39, 0.29) is 6.61 Å². The quantitative estimate of drug-likeness (QED) is 0.727. The van der Waals surface area contributed by atoms with Crippen LogP contribution in [0, 0.1) is 5.92 Å². The van der Waals surface area contributed by atoms with Crippen LogP contribution in [-0.2, 0) is 4.74 Å². The van der Waals surface area contributed by atoms with Gasteiger partial charge in [0.05, 0.1) is 12.7 Å². The van der Waals surface area contributed by atoms with E-state index in [0.29, 0.717) is 12.0 Å². The summed E-state index contributed by atoms with van der Waals surface area (Å²) in [5.41, 5.74) is 5.49. The molecule has 1 rings (SSSR count). The lowest BCUT2D eigenvalue weighted by Crippen LogP contribution is -2.45. The predicted octanol–water partition coefficient (Wildman–Crippen LogP) is 0.833. The number of aliphatic hydroxyl groups excluding tert-OH is 1. The van der Waals surface area contributed by atoms with Gasteiger partial charge in [-0.3, -0.25) is 0 Å². The van der Waals surface area contributed by atoms with Crippen LogP contribution in [0.3, 0.4) is 0 Å². The molecule has 3 atom stereocenters. The first-order valence-corrected chi connectivity index (χ1v) is 6.63. The van der Waals surface area contributed by atoms with E-state index in [0.717, 1.165) is 32.5 Å². The fraction of sp³-hybridized carbons (Fsp3) is 1.00. The van der Waals surface area contributed by atoms with Crippen LogP contribution in [0.5, 0.6) is 0 Å². The van der Waals surface area contributed by atoms with Crippen molar-refractivity contribution in [2.45, 2.75) is 44.8 Å². The van der Waals surface area contributed by atoms with Crippen LogP contribution in [-0.4, -0.2) is 55.0 Å². The maximum absolute atomic E-state index is 9.09. The maximum Gasteiger partial charge on any atom is 0.0724 e. The van der Waals surface area contributed by atoms with Gasteiger partial charge in [0.15, 0.2) is 0 Å². The molecule has 0 saturated carbocycles. The van der Waals surface area contributed by atoms with Crippen molar-refractivity contribution < 1.29 is 9.84 Å². The smallest absolute Gasteiger partial charge is 0.0724 e. The lowest BCUT2D eigenvalue weighted by molar-refractivity contribution is -0.00576. The molecule has 1 fully saturated rings. The van der Waals surface area contributed by atoms with Gasteiger partial charge in [-0.15, -0.1) is 0 Å². The van der Waals surface area contributed by atoms with Crippen molar-refractivity contribution >= 4 is 0 Å². The fourth-order valence-electron chi connectivity index (χ4n) is 2.39. The number of hydrogen-bond acceptors (Lipinski definition) is 4.